The second-order valence-electron chi connectivity index (χ2n) is 4.67. The molecule has 1 saturated heterocycles. The third-order valence-corrected chi connectivity index (χ3v) is 3.32. The molecule has 0 aliphatic carbocycles. The topological polar surface area (TPSA) is 82.4 Å². The maximum absolute atomic E-state index is 5.90. The van der Waals surface area contributed by atoms with Gasteiger partial charge in [-0.3, -0.25) is 5.10 Å². The van der Waals surface area contributed by atoms with Crippen molar-refractivity contribution < 1.29 is 14.2 Å². The molecule has 1 atom stereocenters. The normalized spacial score (nSPS) is 18.1. The van der Waals surface area contributed by atoms with Gasteiger partial charge in [0.25, 0.3) is 0 Å². The van der Waals surface area contributed by atoms with Crippen LogP contribution in [0.25, 0.3) is 11.1 Å². The number of nitrogen functional groups attached to an aromatic ring is 1. The fourth-order valence-electron chi connectivity index (χ4n) is 2.24. The van der Waals surface area contributed by atoms with Crippen LogP contribution in [0.1, 0.15) is 6.42 Å². The number of anilines is 1. The second-order valence-corrected chi connectivity index (χ2v) is 4.67. The first-order chi connectivity index (χ1) is 9.78. The number of aromatic amines is 1. The molecule has 1 aromatic heterocycles. The Balaban J connectivity index is 1.87. The number of H-pyrrole nitrogens is 1. The minimum absolute atomic E-state index is 0.0914. The molecule has 1 unspecified atom stereocenters. The van der Waals surface area contributed by atoms with Gasteiger partial charge in [0.1, 0.15) is 11.9 Å². The van der Waals surface area contributed by atoms with E-state index in [-0.39, 0.29) is 6.10 Å². The Morgan fingerprint density at radius 1 is 1.40 bits per heavy atom. The molecule has 1 aliphatic heterocycles. The van der Waals surface area contributed by atoms with Crippen LogP contribution < -0.4 is 15.2 Å². The summed E-state index contributed by atoms with van der Waals surface area (Å²) in [4.78, 5) is 0. The first kappa shape index (κ1) is 12.8. The quantitative estimate of drug-likeness (QED) is 0.889. The van der Waals surface area contributed by atoms with E-state index in [0.717, 1.165) is 24.2 Å². The summed E-state index contributed by atoms with van der Waals surface area (Å²) >= 11 is 0. The number of nitrogens with zero attached hydrogens (tertiary/aromatic N) is 1. The zero-order chi connectivity index (χ0) is 13.9. The summed E-state index contributed by atoms with van der Waals surface area (Å²) in [5.41, 5.74) is 7.61. The standard InChI is InChI=1S/C14H17N3O3/c1-18-13-6-9(11-7-16-17-14(11)15)2-3-12(13)20-10-4-5-19-8-10/h2-3,6-7,10H,4-5,8H2,1H3,(H3,15,16,17). The van der Waals surface area contributed by atoms with E-state index in [2.05, 4.69) is 10.2 Å². The van der Waals surface area contributed by atoms with E-state index in [1.54, 1.807) is 13.3 Å². The summed E-state index contributed by atoms with van der Waals surface area (Å²) in [5, 5.41) is 6.64. The van der Waals surface area contributed by atoms with Crippen molar-refractivity contribution in [2.75, 3.05) is 26.1 Å². The molecule has 0 amide bonds. The van der Waals surface area contributed by atoms with Crippen molar-refractivity contribution in [3.8, 4) is 22.6 Å². The van der Waals surface area contributed by atoms with Crippen LogP contribution in [-0.2, 0) is 4.74 Å². The molecule has 3 rings (SSSR count). The van der Waals surface area contributed by atoms with Crippen molar-refractivity contribution in [3.05, 3.63) is 24.4 Å². The third kappa shape index (κ3) is 2.42. The highest BCUT2D eigenvalue weighted by atomic mass is 16.6. The summed E-state index contributed by atoms with van der Waals surface area (Å²) in [6.45, 7) is 1.37. The molecule has 3 N–H and O–H groups in total. The summed E-state index contributed by atoms with van der Waals surface area (Å²) in [6, 6.07) is 5.72. The van der Waals surface area contributed by atoms with Crippen LogP contribution in [0, 0.1) is 0 Å². The number of nitrogens with one attached hydrogen (secondary N) is 1. The molecule has 0 saturated carbocycles. The van der Waals surface area contributed by atoms with Gasteiger partial charge in [0.15, 0.2) is 11.5 Å². The fourth-order valence-corrected chi connectivity index (χ4v) is 2.24. The largest absolute Gasteiger partial charge is 0.493 e. The van der Waals surface area contributed by atoms with Gasteiger partial charge in [-0.05, 0) is 17.7 Å². The SMILES string of the molecule is COc1cc(-c2cn[nH]c2N)ccc1OC1CCOC1. The van der Waals surface area contributed by atoms with Crippen molar-refractivity contribution in [2.45, 2.75) is 12.5 Å². The molecule has 6 heteroatoms. The molecular weight excluding hydrogens is 258 g/mol. The lowest BCUT2D eigenvalue weighted by atomic mass is 10.1. The molecule has 0 bridgehead atoms. The number of methoxy groups -OCH3 is 1. The molecule has 1 aliphatic rings. The molecule has 2 heterocycles. The maximum atomic E-state index is 5.90. The van der Waals surface area contributed by atoms with E-state index in [4.69, 9.17) is 19.9 Å². The van der Waals surface area contributed by atoms with Gasteiger partial charge in [-0.2, -0.15) is 5.10 Å². The Bertz CT molecular complexity index is 591. The number of hydrogen-bond donors (Lipinski definition) is 2. The van der Waals surface area contributed by atoms with E-state index >= 15 is 0 Å². The van der Waals surface area contributed by atoms with Gasteiger partial charge in [-0.15, -0.1) is 0 Å². The Kier molecular flexibility index (Phi) is 3.47. The Labute approximate surface area is 116 Å². The van der Waals surface area contributed by atoms with Crippen molar-refractivity contribution in [2.24, 2.45) is 0 Å². The van der Waals surface area contributed by atoms with Crippen molar-refractivity contribution in [3.63, 3.8) is 0 Å². The molecule has 20 heavy (non-hydrogen) atoms. The molecule has 6 nitrogen and oxygen atoms in total. The van der Waals surface area contributed by atoms with Crippen LogP contribution in [0.15, 0.2) is 24.4 Å². The third-order valence-electron chi connectivity index (χ3n) is 3.32. The fraction of sp³-hybridized carbons (Fsp3) is 0.357. The lowest BCUT2D eigenvalue weighted by Crippen LogP contribution is -2.16. The zero-order valence-corrected chi connectivity index (χ0v) is 11.3. The molecule has 1 aromatic carbocycles. The minimum Gasteiger partial charge on any atom is -0.493 e. The zero-order valence-electron chi connectivity index (χ0n) is 11.3. The molecule has 1 fully saturated rings. The van der Waals surface area contributed by atoms with Crippen LogP contribution in [0.5, 0.6) is 11.5 Å². The summed E-state index contributed by atoms with van der Waals surface area (Å²) < 4.78 is 16.6. The van der Waals surface area contributed by atoms with Gasteiger partial charge in [-0.25, -0.2) is 0 Å². The highest BCUT2D eigenvalue weighted by Crippen LogP contribution is 2.35. The van der Waals surface area contributed by atoms with Crippen LogP contribution >= 0.6 is 0 Å². The summed E-state index contributed by atoms with van der Waals surface area (Å²) in [5.74, 6) is 1.92. The Hall–Kier alpha value is -2.21. The van der Waals surface area contributed by atoms with Gasteiger partial charge in [0.05, 0.1) is 26.5 Å². The number of aromatic nitrogens is 2. The van der Waals surface area contributed by atoms with Gasteiger partial charge in [0.2, 0.25) is 0 Å². The average molecular weight is 275 g/mol. The smallest absolute Gasteiger partial charge is 0.161 e. The van der Waals surface area contributed by atoms with Crippen molar-refractivity contribution in [1.29, 1.82) is 0 Å². The lowest BCUT2D eigenvalue weighted by Gasteiger charge is -2.15. The molecule has 2 aromatic rings. The Morgan fingerprint density at radius 2 is 2.30 bits per heavy atom. The van der Waals surface area contributed by atoms with Gasteiger partial charge >= 0.3 is 0 Å². The molecular formula is C14H17N3O3. The predicted octanol–water partition coefficient (Wildman–Crippen LogP) is 1.84. The first-order valence-corrected chi connectivity index (χ1v) is 6.49. The van der Waals surface area contributed by atoms with Crippen LogP contribution in [0.3, 0.4) is 0 Å². The lowest BCUT2D eigenvalue weighted by molar-refractivity contribution is 0.138. The second kappa shape index (κ2) is 5.42. The molecule has 0 radical (unpaired) electrons. The summed E-state index contributed by atoms with van der Waals surface area (Å²) in [7, 11) is 1.62. The monoisotopic (exact) mass is 275 g/mol. The van der Waals surface area contributed by atoms with Gasteiger partial charge < -0.3 is 19.9 Å². The van der Waals surface area contributed by atoms with Crippen LogP contribution in [0.2, 0.25) is 0 Å². The highest BCUT2D eigenvalue weighted by Gasteiger charge is 2.19. The number of ether oxygens (including phenoxy) is 3. The summed E-state index contributed by atoms with van der Waals surface area (Å²) in [6.07, 6.45) is 2.68. The highest BCUT2D eigenvalue weighted by molar-refractivity contribution is 5.75. The number of hydrogen-bond acceptors (Lipinski definition) is 5. The Morgan fingerprint density at radius 3 is 2.95 bits per heavy atom. The van der Waals surface area contributed by atoms with E-state index < -0.39 is 0 Å². The first-order valence-electron chi connectivity index (χ1n) is 6.49. The van der Waals surface area contributed by atoms with E-state index in [1.807, 2.05) is 18.2 Å². The van der Waals surface area contributed by atoms with Crippen molar-refractivity contribution >= 4 is 5.82 Å². The van der Waals surface area contributed by atoms with Gasteiger partial charge in [-0.1, -0.05) is 6.07 Å². The minimum atomic E-state index is 0.0914. The van der Waals surface area contributed by atoms with Crippen LogP contribution in [0.4, 0.5) is 5.82 Å². The molecule has 0 spiro atoms. The maximum Gasteiger partial charge on any atom is 0.161 e. The number of rotatable bonds is 4. The number of nitrogens with two attached hydrogens (primary N) is 1. The average Bonchev–Trinajstić information content (AvgIpc) is 3.11. The number of benzene rings is 1. The van der Waals surface area contributed by atoms with Gasteiger partial charge in [0, 0.05) is 12.0 Å². The van der Waals surface area contributed by atoms with Crippen LogP contribution in [-0.4, -0.2) is 36.6 Å². The molecule has 106 valence electrons. The van der Waals surface area contributed by atoms with E-state index in [0.29, 0.717) is 23.9 Å². The van der Waals surface area contributed by atoms with Crippen molar-refractivity contribution in [1.82, 2.24) is 10.2 Å². The van der Waals surface area contributed by atoms with E-state index in [9.17, 15) is 0 Å². The van der Waals surface area contributed by atoms with E-state index in [1.165, 1.54) is 0 Å². The predicted molar refractivity (Wildman–Crippen MR) is 74.8 cm³/mol.